The Morgan fingerprint density at radius 3 is 2.50 bits per heavy atom. The smallest absolute Gasteiger partial charge is 0.307 e. The summed E-state index contributed by atoms with van der Waals surface area (Å²) in [6.45, 7) is 1.94. The van der Waals surface area contributed by atoms with Gasteiger partial charge in [-0.3, -0.25) is 9.59 Å². The van der Waals surface area contributed by atoms with E-state index in [1.807, 2.05) is 43.3 Å². The highest BCUT2D eigenvalue weighted by molar-refractivity contribution is 5.88. The Morgan fingerprint density at radius 2 is 1.84 bits per heavy atom. The van der Waals surface area contributed by atoms with E-state index in [4.69, 9.17) is 0 Å². The second kappa shape index (κ2) is 10.1. The van der Waals surface area contributed by atoms with Crippen molar-refractivity contribution in [1.82, 2.24) is 5.32 Å². The topological polar surface area (TPSA) is 70.0 Å². The van der Waals surface area contributed by atoms with E-state index in [0.717, 1.165) is 5.56 Å². The summed E-state index contributed by atoms with van der Waals surface area (Å²) in [5.74, 6) is -3.78. The summed E-state index contributed by atoms with van der Waals surface area (Å²) in [6, 6.07) is 17.2. The lowest BCUT2D eigenvalue weighted by Gasteiger charge is -2.38. The number of hydrogen-bond donors (Lipinski definition) is 1. The summed E-state index contributed by atoms with van der Waals surface area (Å²) >= 11 is 0. The van der Waals surface area contributed by atoms with Crippen molar-refractivity contribution < 1.29 is 22.8 Å². The summed E-state index contributed by atoms with van der Waals surface area (Å²) in [4.78, 5) is 25.0. The molecule has 0 aromatic heterocycles. The second-order valence-electron chi connectivity index (χ2n) is 8.26. The molecule has 1 saturated carbocycles. The first-order valence-electron chi connectivity index (χ1n) is 10.6. The van der Waals surface area contributed by atoms with Gasteiger partial charge < -0.3 is 5.32 Å². The summed E-state index contributed by atoms with van der Waals surface area (Å²) in [6.07, 6.45) is -4.30. The number of carbonyl (C=O) groups is 2. The van der Waals surface area contributed by atoms with E-state index < -0.39 is 30.2 Å². The lowest BCUT2D eigenvalue weighted by atomic mass is 9.70. The van der Waals surface area contributed by atoms with Gasteiger partial charge in [0.05, 0.1) is 11.6 Å². The number of halogens is 3. The minimum absolute atomic E-state index is 0.126. The van der Waals surface area contributed by atoms with Crippen LogP contribution in [0.15, 0.2) is 54.6 Å². The number of nitrogens with zero attached hydrogens (tertiary/aromatic N) is 1. The Bertz CT molecular complexity index is 998. The van der Waals surface area contributed by atoms with Crippen molar-refractivity contribution in [3.63, 3.8) is 0 Å². The number of nitrogens with one attached hydrogen (secondary N) is 1. The van der Waals surface area contributed by atoms with E-state index in [2.05, 4.69) is 5.32 Å². The molecule has 4 nitrogen and oxygen atoms in total. The van der Waals surface area contributed by atoms with Gasteiger partial charge in [-0.1, -0.05) is 42.5 Å². The van der Waals surface area contributed by atoms with Crippen molar-refractivity contribution in [2.24, 2.45) is 5.92 Å². The first kappa shape index (κ1) is 23.7. The van der Waals surface area contributed by atoms with Crippen molar-refractivity contribution in [2.75, 3.05) is 0 Å². The van der Waals surface area contributed by atoms with Crippen LogP contribution < -0.4 is 5.32 Å². The number of carbonyl (C=O) groups excluding carboxylic acids is 2. The third-order valence-electron chi connectivity index (χ3n) is 6.11. The fourth-order valence-electron chi connectivity index (χ4n) is 4.52. The van der Waals surface area contributed by atoms with Gasteiger partial charge in [-0.25, -0.2) is 0 Å². The Kier molecular flexibility index (Phi) is 7.47. The third kappa shape index (κ3) is 5.63. The molecule has 0 saturated heterocycles. The quantitative estimate of drug-likeness (QED) is 0.636. The molecule has 32 heavy (non-hydrogen) atoms. The molecule has 1 N–H and O–H groups in total. The zero-order valence-corrected chi connectivity index (χ0v) is 17.7. The van der Waals surface area contributed by atoms with Gasteiger partial charge >= 0.3 is 6.18 Å². The lowest BCUT2D eigenvalue weighted by Crippen LogP contribution is -2.47. The van der Waals surface area contributed by atoms with Crippen LogP contribution in [0, 0.1) is 17.2 Å². The predicted molar refractivity (Wildman–Crippen MR) is 114 cm³/mol. The molecular formula is C25H25F3N2O2. The van der Waals surface area contributed by atoms with Crippen LogP contribution in [0.4, 0.5) is 13.2 Å². The maximum absolute atomic E-state index is 13.2. The van der Waals surface area contributed by atoms with Crippen LogP contribution in [0.25, 0.3) is 0 Å². The van der Waals surface area contributed by atoms with E-state index >= 15 is 0 Å². The molecule has 2 aromatic rings. The SMILES string of the molecule is C[C@@H](NC1CCCC(=O)C1[C@@H](CC(=O)C(F)(F)F)c1cccc(C#N)c1)c1ccccc1. The van der Waals surface area contributed by atoms with Crippen molar-refractivity contribution >= 4 is 11.6 Å². The molecule has 168 valence electrons. The number of hydrogen-bond acceptors (Lipinski definition) is 4. The molecule has 0 aliphatic heterocycles. The first-order chi connectivity index (χ1) is 15.2. The number of nitriles is 1. The molecule has 1 aliphatic rings. The number of Topliss-reactive ketones (excluding diaryl/α,β-unsaturated/α-hetero) is 2. The molecule has 0 bridgehead atoms. The zero-order chi connectivity index (χ0) is 23.3. The number of ketones is 2. The van der Waals surface area contributed by atoms with Crippen LogP contribution in [-0.4, -0.2) is 23.8 Å². The van der Waals surface area contributed by atoms with Gasteiger partial charge in [0.2, 0.25) is 5.78 Å². The Balaban J connectivity index is 1.97. The molecule has 0 spiro atoms. The van der Waals surface area contributed by atoms with Crippen molar-refractivity contribution in [3.8, 4) is 6.07 Å². The van der Waals surface area contributed by atoms with Gasteiger partial charge in [0, 0.05) is 36.8 Å². The molecule has 2 aromatic carbocycles. The summed E-state index contributed by atoms with van der Waals surface area (Å²) < 4.78 is 39.5. The molecule has 2 unspecified atom stereocenters. The van der Waals surface area contributed by atoms with Gasteiger partial charge in [0.25, 0.3) is 0 Å². The van der Waals surface area contributed by atoms with Crippen LogP contribution in [0.3, 0.4) is 0 Å². The van der Waals surface area contributed by atoms with E-state index in [1.165, 1.54) is 6.07 Å². The standard InChI is InChI=1S/C25H25F3N2O2/c1-16(18-8-3-2-4-9-18)30-21-11-6-12-22(31)24(21)20(14-23(32)25(26,27)28)19-10-5-7-17(13-19)15-29/h2-5,7-10,13,16,20-21,24,30H,6,11-12,14H2,1H3/t16-,20+,21?,24?/m1/s1. The Labute approximate surface area is 185 Å². The Morgan fingerprint density at radius 1 is 1.16 bits per heavy atom. The minimum Gasteiger partial charge on any atom is -0.307 e. The fourth-order valence-corrected chi connectivity index (χ4v) is 4.52. The zero-order valence-electron chi connectivity index (χ0n) is 17.7. The monoisotopic (exact) mass is 442 g/mol. The average Bonchev–Trinajstić information content (AvgIpc) is 2.78. The highest BCUT2D eigenvalue weighted by Gasteiger charge is 2.45. The van der Waals surface area contributed by atoms with Crippen LogP contribution in [0.5, 0.6) is 0 Å². The van der Waals surface area contributed by atoms with E-state index in [-0.39, 0.29) is 29.9 Å². The van der Waals surface area contributed by atoms with E-state index in [9.17, 15) is 28.0 Å². The largest absolute Gasteiger partial charge is 0.449 e. The minimum atomic E-state index is -4.98. The maximum atomic E-state index is 13.2. The van der Waals surface area contributed by atoms with Crippen LogP contribution in [-0.2, 0) is 9.59 Å². The predicted octanol–water partition coefficient (Wildman–Crippen LogP) is 5.25. The molecule has 1 aliphatic carbocycles. The molecule has 0 amide bonds. The number of rotatable bonds is 7. The van der Waals surface area contributed by atoms with E-state index in [0.29, 0.717) is 18.4 Å². The van der Waals surface area contributed by atoms with Crippen LogP contribution >= 0.6 is 0 Å². The normalized spacial score (nSPS) is 20.9. The lowest BCUT2D eigenvalue weighted by molar-refractivity contribution is -0.172. The van der Waals surface area contributed by atoms with Gasteiger partial charge in [0.1, 0.15) is 5.78 Å². The summed E-state index contributed by atoms with van der Waals surface area (Å²) in [5, 5.41) is 12.7. The third-order valence-corrected chi connectivity index (χ3v) is 6.11. The Hall–Kier alpha value is -2.98. The van der Waals surface area contributed by atoms with Gasteiger partial charge in [0.15, 0.2) is 0 Å². The second-order valence-corrected chi connectivity index (χ2v) is 8.26. The molecule has 1 fully saturated rings. The van der Waals surface area contributed by atoms with Crippen molar-refractivity contribution in [2.45, 2.75) is 56.8 Å². The van der Waals surface area contributed by atoms with Crippen molar-refractivity contribution in [1.29, 1.82) is 5.26 Å². The molecule has 0 radical (unpaired) electrons. The van der Waals surface area contributed by atoms with Gasteiger partial charge in [-0.15, -0.1) is 0 Å². The molecular weight excluding hydrogens is 417 g/mol. The van der Waals surface area contributed by atoms with Crippen molar-refractivity contribution in [3.05, 3.63) is 71.3 Å². The van der Waals surface area contributed by atoms with Gasteiger partial charge in [-0.2, -0.15) is 18.4 Å². The average molecular weight is 442 g/mol. The molecule has 7 heteroatoms. The first-order valence-corrected chi connectivity index (χ1v) is 10.6. The van der Waals surface area contributed by atoms with Crippen LogP contribution in [0.1, 0.15) is 61.3 Å². The summed E-state index contributed by atoms with van der Waals surface area (Å²) in [7, 11) is 0. The number of benzene rings is 2. The molecule has 3 rings (SSSR count). The molecule has 0 heterocycles. The highest BCUT2D eigenvalue weighted by Crippen LogP contribution is 2.39. The number of alkyl halides is 3. The fraction of sp³-hybridized carbons (Fsp3) is 0.400. The molecule has 4 atom stereocenters. The van der Waals surface area contributed by atoms with Gasteiger partial charge in [-0.05, 0) is 43.0 Å². The highest BCUT2D eigenvalue weighted by atomic mass is 19.4. The maximum Gasteiger partial charge on any atom is 0.449 e. The van der Waals surface area contributed by atoms with Crippen LogP contribution in [0.2, 0.25) is 0 Å². The van der Waals surface area contributed by atoms with E-state index in [1.54, 1.807) is 18.2 Å². The summed E-state index contributed by atoms with van der Waals surface area (Å²) in [5.41, 5.74) is 1.68.